The Morgan fingerprint density at radius 1 is 1.26 bits per heavy atom. The fourth-order valence-corrected chi connectivity index (χ4v) is 5.34. The van der Waals surface area contributed by atoms with Crippen molar-refractivity contribution in [3.63, 3.8) is 0 Å². The van der Waals surface area contributed by atoms with Gasteiger partial charge in [-0.1, -0.05) is 11.6 Å². The van der Waals surface area contributed by atoms with E-state index in [-0.39, 0.29) is 25.5 Å². The molecule has 0 saturated carbocycles. The third kappa shape index (κ3) is 3.22. The van der Waals surface area contributed by atoms with Gasteiger partial charge in [0.2, 0.25) is 0 Å². The monoisotopic (exact) mass is 470 g/mol. The first-order valence-electron chi connectivity index (χ1n) is 7.22. The predicted octanol–water partition coefficient (Wildman–Crippen LogP) is 2.31. The summed E-state index contributed by atoms with van der Waals surface area (Å²) in [5.41, 5.74) is 1.18. The predicted molar refractivity (Wildman–Crippen MR) is 99.5 cm³/mol. The maximum Gasteiger partial charge on any atom is 0.417 e. The minimum atomic E-state index is -4.08. The van der Waals surface area contributed by atoms with Gasteiger partial charge in [-0.15, -0.1) is 5.10 Å². The second-order valence-electron chi connectivity index (χ2n) is 5.30. The standard InChI is InChI=1S/C14H8BrClN6O4S/c15-9-5-10-12(26-14(23)18-10)11(16)13(9)27(24,25)19-7-1-3-8(4-2-7)22-6-17-20-21-22/h1-6,19H,(H,18,23). The average Bonchev–Trinajstić information content (AvgIpc) is 3.24. The van der Waals surface area contributed by atoms with Gasteiger partial charge in [0.05, 0.1) is 11.2 Å². The average molecular weight is 472 g/mol. The molecule has 2 heterocycles. The van der Waals surface area contributed by atoms with Crippen molar-refractivity contribution in [3.8, 4) is 5.69 Å². The van der Waals surface area contributed by atoms with E-state index in [2.05, 4.69) is 41.2 Å². The number of hydrogen-bond acceptors (Lipinski definition) is 7. The minimum Gasteiger partial charge on any atom is -0.406 e. The third-order valence-electron chi connectivity index (χ3n) is 3.56. The van der Waals surface area contributed by atoms with E-state index in [0.717, 1.165) is 0 Å². The Kier molecular flexibility index (Phi) is 4.25. The summed E-state index contributed by atoms with van der Waals surface area (Å²) in [5, 5.41) is 10.6. The van der Waals surface area contributed by atoms with Crippen molar-refractivity contribution in [3.05, 3.63) is 56.7 Å². The number of oxazole rings is 1. The fourth-order valence-electron chi connectivity index (χ4n) is 2.42. The van der Waals surface area contributed by atoms with Crippen molar-refractivity contribution in [2.75, 3.05) is 4.72 Å². The molecule has 2 N–H and O–H groups in total. The zero-order valence-corrected chi connectivity index (χ0v) is 16.2. The van der Waals surface area contributed by atoms with Gasteiger partial charge in [0.15, 0.2) is 5.58 Å². The zero-order valence-electron chi connectivity index (χ0n) is 13.1. The number of nitrogens with zero attached hydrogens (tertiary/aromatic N) is 4. The molecule has 0 spiro atoms. The van der Waals surface area contributed by atoms with Gasteiger partial charge in [-0.3, -0.25) is 9.71 Å². The van der Waals surface area contributed by atoms with Gasteiger partial charge in [-0.2, -0.15) is 0 Å². The summed E-state index contributed by atoms with van der Waals surface area (Å²) >= 11 is 9.35. The maximum atomic E-state index is 12.8. The van der Waals surface area contributed by atoms with Crippen molar-refractivity contribution in [1.29, 1.82) is 0 Å². The van der Waals surface area contributed by atoms with E-state index in [1.54, 1.807) is 24.3 Å². The highest BCUT2D eigenvalue weighted by Gasteiger charge is 2.26. The van der Waals surface area contributed by atoms with E-state index in [4.69, 9.17) is 16.0 Å². The lowest BCUT2D eigenvalue weighted by Crippen LogP contribution is -2.14. The highest BCUT2D eigenvalue weighted by atomic mass is 79.9. The van der Waals surface area contributed by atoms with Crippen LogP contribution in [-0.4, -0.2) is 33.6 Å². The zero-order chi connectivity index (χ0) is 19.2. The number of tetrazole rings is 1. The highest BCUT2D eigenvalue weighted by molar-refractivity contribution is 9.10. The number of aromatic amines is 1. The first-order valence-corrected chi connectivity index (χ1v) is 9.87. The number of H-pyrrole nitrogens is 1. The number of rotatable bonds is 4. The van der Waals surface area contributed by atoms with Crippen LogP contribution in [0.15, 0.2) is 55.2 Å². The lowest BCUT2D eigenvalue weighted by molar-refractivity contribution is 0.554. The number of anilines is 1. The molecule has 27 heavy (non-hydrogen) atoms. The van der Waals surface area contributed by atoms with E-state index in [9.17, 15) is 13.2 Å². The number of halogens is 2. The Balaban J connectivity index is 1.72. The summed E-state index contributed by atoms with van der Waals surface area (Å²) in [6.45, 7) is 0. The molecule has 0 radical (unpaired) electrons. The van der Waals surface area contributed by atoms with Crippen molar-refractivity contribution in [2.45, 2.75) is 4.90 Å². The van der Waals surface area contributed by atoms with Crippen LogP contribution in [0.25, 0.3) is 16.8 Å². The Labute approximate surface area is 164 Å². The first-order chi connectivity index (χ1) is 12.8. The molecule has 2 aromatic heterocycles. The molecule has 0 aliphatic carbocycles. The van der Waals surface area contributed by atoms with Gasteiger partial charge in [0.25, 0.3) is 10.0 Å². The first kappa shape index (κ1) is 17.7. The quantitative estimate of drug-likeness (QED) is 0.466. The lowest BCUT2D eigenvalue weighted by Gasteiger charge is -2.11. The maximum absolute atomic E-state index is 12.8. The van der Waals surface area contributed by atoms with Crippen LogP contribution in [0, 0.1) is 0 Å². The molecule has 2 aromatic carbocycles. The molecule has 0 bridgehead atoms. The van der Waals surface area contributed by atoms with Crippen LogP contribution in [0.2, 0.25) is 5.02 Å². The van der Waals surface area contributed by atoms with Crippen LogP contribution >= 0.6 is 27.5 Å². The number of hydrogen-bond donors (Lipinski definition) is 2. The molecule has 0 atom stereocenters. The Morgan fingerprint density at radius 3 is 2.67 bits per heavy atom. The summed E-state index contributed by atoms with van der Waals surface area (Å²) < 4.78 is 34.6. The van der Waals surface area contributed by atoms with E-state index in [1.807, 2.05) is 0 Å². The molecule has 0 saturated heterocycles. The van der Waals surface area contributed by atoms with Gasteiger partial charge in [-0.05, 0) is 56.7 Å². The molecule has 4 aromatic rings. The third-order valence-corrected chi connectivity index (χ3v) is 6.39. The molecule has 0 aliphatic heterocycles. The summed E-state index contributed by atoms with van der Waals surface area (Å²) in [4.78, 5) is 13.5. The Bertz CT molecular complexity index is 1300. The van der Waals surface area contributed by atoms with Gasteiger partial charge in [0, 0.05) is 10.2 Å². The summed E-state index contributed by atoms with van der Waals surface area (Å²) in [6, 6.07) is 7.77. The van der Waals surface area contributed by atoms with Gasteiger partial charge < -0.3 is 4.42 Å². The molecule has 13 heteroatoms. The van der Waals surface area contributed by atoms with Crippen molar-refractivity contribution in [2.24, 2.45) is 0 Å². The lowest BCUT2D eigenvalue weighted by atomic mass is 10.3. The van der Waals surface area contributed by atoms with E-state index < -0.39 is 15.8 Å². The van der Waals surface area contributed by atoms with Crippen molar-refractivity contribution < 1.29 is 12.8 Å². The van der Waals surface area contributed by atoms with Crippen LogP contribution in [0.1, 0.15) is 0 Å². The second kappa shape index (κ2) is 6.48. The van der Waals surface area contributed by atoms with Gasteiger partial charge >= 0.3 is 5.76 Å². The van der Waals surface area contributed by atoms with E-state index in [0.29, 0.717) is 11.4 Å². The molecule has 0 fully saturated rings. The van der Waals surface area contributed by atoms with Gasteiger partial charge in [0.1, 0.15) is 16.2 Å². The topological polar surface area (TPSA) is 136 Å². The van der Waals surface area contributed by atoms with Crippen LogP contribution < -0.4 is 10.5 Å². The fraction of sp³-hybridized carbons (Fsp3) is 0. The molecular weight excluding hydrogens is 464 g/mol. The SMILES string of the molecule is O=c1[nH]c2cc(Br)c(S(=O)(=O)Nc3ccc(-n4cnnn4)cc3)c(Cl)c2o1. The summed E-state index contributed by atoms with van der Waals surface area (Å²) in [5.74, 6) is -0.737. The number of sulfonamides is 1. The van der Waals surface area contributed by atoms with Crippen molar-refractivity contribution >= 4 is 54.3 Å². The largest absolute Gasteiger partial charge is 0.417 e. The molecular formula is C14H8BrClN6O4S. The van der Waals surface area contributed by atoms with Crippen molar-refractivity contribution in [1.82, 2.24) is 25.2 Å². The van der Waals surface area contributed by atoms with Gasteiger partial charge in [-0.25, -0.2) is 17.9 Å². The van der Waals surface area contributed by atoms with E-state index in [1.165, 1.54) is 17.1 Å². The van der Waals surface area contributed by atoms with Crippen LogP contribution in [-0.2, 0) is 10.0 Å². The Hall–Kier alpha value is -2.70. The smallest absolute Gasteiger partial charge is 0.406 e. The molecule has 138 valence electrons. The summed E-state index contributed by atoms with van der Waals surface area (Å²) in [7, 11) is -4.08. The number of aromatic nitrogens is 5. The molecule has 0 aliphatic rings. The second-order valence-corrected chi connectivity index (χ2v) is 8.15. The highest BCUT2D eigenvalue weighted by Crippen LogP contribution is 2.36. The van der Waals surface area contributed by atoms with Crippen LogP contribution in [0.4, 0.5) is 5.69 Å². The van der Waals surface area contributed by atoms with Crippen LogP contribution in [0.3, 0.4) is 0 Å². The molecule has 4 rings (SSSR count). The molecule has 0 amide bonds. The summed E-state index contributed by atoms with van der Waals surface area (Å²) in [6.07, 6.45) is 1.41. The molecule has 10 nitrogen and oxygen atoms in total. The number of fused-ring (bicyclic) bond motifs is 1. The number of benzene rings is 2. The minimum absolute atomic E-state index is 0.0423. The normalized spacial score (nSPS) is 11.8. The number of nitrogens with one attached hydrogen (secondary N) is 2. The van der Waals surface area contributed by atoms with Crippen LogP contribution in [0.5, 0.6) is 0 Å². The molecule has 0 unspecified atom stereocenters. The van der Waals surface area contributed by atoms with E-state index >= 15 is 0 Å². The Morgan fingerprint density at radius 2 is 2.00 bits per heavy atom.